The fourth-order valence-electron chi connectivity index (χ4n) is 3.02. The van der Waals surface area contributed by atoms with Gasteiger partial charge in [-0.25, -0.2) is 0 Å². The summed E-state index contributed by atoms with van der Waals surface area (Å²) in [4.78, 5) is 0. The van der Waals surface area contributed by atoms with Gasteiger partial charge in [-0.3, -0.25) is 0 Å². The Morgan fingerprint density at radius 1 is 1.32 bits per heavy atom. The topological polar surface area (TPSA) is 53.2 Å². The van der Waals surface area contributed by atoms with Gasteiger partial charge in [-0.2, -0.15) is 5.26 Å². The van der Waals surface area contributed by atoms with Gasteiger partial charge in [0.1, 0.15) is 5.75 Å². The molecular formula is C16H21NO2. The lowest BCUT2D eigenvalue weighted by Gasteiger charge is -2.35. The highest BCUT2D eigenvalue weighted by molar-refractivity contribution is 5.38. The van der Waals surface area contributed by atoms with Gasteiger partial charge in [0, 0.05) is 0 Å². The van der Waals surface area contributed by atoms with E-state index in [-0.39, 0.29) is 0 Å². The number of hydrogen-bond acceptors (Lipinski definition) is 3. The van der Waals surface area contributed by atoms with Crippen molar-refractivity contribution in [3.8, 4) is 11.8 Å². The number of methoxy groups -OCH3 is 1. The monoisotopic (exact) mass is 259 g/mol. The average molecular weight is 259 g/mol. The number of nitriles is 1. The third-order valence-electron chi connectivity index (χ3n) is 4.23. The molecule has 1 fully saturated rings. The Morgan fingerprint density at radius 3 is 2.53 bits per heavy atom. The molecule has 0 amide bonds. The van der Waals surface area contributed by atoms with Crippen LogP contribution in [0.1, 0.15) is 49.3 Å². The molecule has 0 radical (unpaired) electrons. The highest BCUT2D eigenvalue weighted by Crippen LogP contribution is 2.45. The highest BCUT2D eigenvalue weighted by Gasteiger charge is 2.40. The van der Waals surface area contributed by atoms with Crippen LogP contribution in [0.15, 0.2) is 18.2 Å². The Kier molecular flexibility index (Phi) is 4.11. The maximum Gasteiger partial charge on any atom is 0.121 e. The zero-order valence-electron chi connectivity index (χ0n) is 11.6. The summed E-state index contributed by atoms with van der Waals surface area (Å²) in [5, 5.41) is 20.1. The number of nitrogens with zero attached hydrogens (tertiary/aromatic N) is 1. The number of ether oxygens (including phenoxy) is 1. The summed E-state index contributed by atoms with van der Waals surface area (Å²) < 4.78 is 5.23. The number of hydrogen-bond donors (Lipinski definition) is 1. The van der Waals surface area contributed by atoms with E-state index in [2.05, 4.69) is 6.07 Å². The van der Waals surface area contributed by atoms with Gasteiger partial charge in [0.05, 0.1) is 24.7 Å². The number of aryl methyl sites for hydroxylation is 1. The second-order valence-corrected chi connectivity index (χ2v) is 5.46. The summed E-state index contributed by atoms with van der Waals surface area (Å²) in [6, 6.07) is 8.04. The minimum atomic E-state index is -0.706. The van der Waals surface area contributed by atoms with E-state index in [0.717, 1.165) is 49.0 Å². The van der Waals surface area contributed by atoms with Crippen LogP contribution in [-0.2, 0) is 0 Å². The minimum absolute atomic E-state index is 0.612. The van der Waals surface area contributed by atoms with Crippen LogP contribution in [0.3, 0.4) is 0 Å². The number of rotatable bonds is 3. The van der Waals surface area contributed by atoms with Crippen LogP contribution in [0.2, 0.25) is 0 Å². The van der Waals surface area contributed by atoms with Gasteiger partial charge in [-0.05, 0) is 43.0 Å². The van der Waals surface area contributed by atoms with Crippen molar-refractivity contribution in [3.63, 3.8) is 0 Å². The van der Waals surface area contributed by atoms with Crippen molar-refractivity contribution in [1.29, 1.82) is 5.26 Å². The molecule has 1 aliphatic rings. The Morgan fingerprint density at radius 2 is 2.00 bits per heavy atom. The fourth-order valence-corrected chi connectivity index (χ4v) is 3.02. The van der Waals surface area contributed by atoms with E-state index < -0.39 is 11.5 Å². The molecule has 0 heterocycles. The van der Waals surface area contributed by atoms with Crippen LogP contribution in [-0.4, -0.2) is 12.2 Å². The molecule has 0 aromatic heterocycles. The second-order valence-electron chi connectivity index (χ2n) is 5.46. The van der Waals surface area contributed by atoms with Gasteiger partial charge >= 0.3 is 0 Å². The van der Waals surface area contributed by atoms with Crippen molar-refractivity contribution in [2.24, 2.45) is 5.41 Å². The Hall–Kier alpha value is -1.53. The Labute approximate surface area is 114 Å². The van der Waals surface area contributed by atoms with Crippen LogP contribution in [0, 0.1) is 23.7 Å². The SMILES string of the molecule is COc1ccc(C(O)C2(C#N)CCCCC2)cc1C. The van der Waals surface area contributed by atoms with Gasteiger partial charge < -0.3 is 9.84 Å². The van der Waals surface area contributed by atoms with Gasteiger partial charge in [0.25, 0.3) is 0 Å². The normalized spacial score (nSPS) is 19.5. The lowest BCUT2D eigenvalue weighted by atomic mass is 9.69. The summed E-state index contributed by atoms with van der Waals surface area (Å²) in [7, 11) is 1.64. The maximum absolute atomic E-state index is 10.6. The first-order chi connectivity index (χ1) is 9.13. The average Bonchev–Trinajstić information content (AvgIpc) is 2.47. The molecule has 2 rings (SSSR count). The number of benzene rings is 1. The van der Waals surface area contributed by atoms with Gasteiger partial charge in [0.2, 0.25) is 0 Å². The third kappa shape index (κ3) is 2.59. The van der Waals surface area contributed by atoms with Crippen molar-refractivity contribution in [1.82, 2.24) is 0 Å². The first-order valence-electron chi connectivity index (χ1n) is 6.87. The van der Waals surface area contributed by atoms with Gasteiger partial charge in [-0.15, -0.1) is 0 Å². The van der Waals surface area contributed by atoms with Crippen LogP contribution < -0.4 is 4.74 Å². The molecule has 0 spiro atoms. The van der Waals surface area contributed by atoms with Crippen LogP contribution >= 0.6 is 0 Å². The summed E-state index contributed by atoms with van der Waals surface area (Å²) in [6.07, 6.45) is 4.09. The highest BCUT2D eigenvalue weighted by atomic mass is 16.5. The van der Waals surface area contributed by atoms with E-state index in [0.29, 0.717) is 0 Å². The summed E-state index contributed by atoms with van der Waals surface area (Å²) >= 11 is 0. The fraction of sp³-hybridized carbons (Fsp3) is 0.562. The molecule has 1 aromatic carbocycles. The second kappa shape index (κ2) is 5.63. The molecule has 19 heavy (non-hydrogen) atoms. The predicted octanol–water partition coefficient (Wildman–Crippen LogP) is 3.51. The van der Waals surface area contributed by atoms with Gasteiger partial charge in [0.15, 0.2) is 0 Å². The van der Waals surface area contributed by atoms with Crippen molar-refractivity contribution in [2.75, 3.05) is 7.11 Å². The molecule has 1 aliphatic carbocycles. The molecule has 0 saturated heterocycles. The van der Waals surface area contributed by atoms with E-state index in [9.17, 15) is 10.4 Å². The number of aliphatic hydroxyl groups excluding tert-OH is 1. The van der Waals surface area contributed by atoms with Crippen molar-refractivity contribution < 1.29 is 9.84 Å². The molecule has 1 atom stereocenters. The van der Waals surface area contributed by atoms with E-state index in [1.165, 1.54) is 0 Å². The molecule has 0 bridgehead atoms. The van der Waals surface area contributed by atoms with Crippen LogP contribution in [0.25, 0.3) is 0 Å². The maximum atomic E-state index is 10.6. The first kappa shape index (κ1) is 13.9. The van der Waals surface area contributed by atoms with Crippen molar-refractivity contribution >= 4 is 0 Å². The lowest BCUT2D eigenvalue weighted by molar-refractivity contribution is 0.0359. The smallest absolute Gasteiger partial charge is 0.121 e. The van der Waals surface area contributed by atoms with Crippen molar-refractivity contribution in [2.45, 2.75) is 45.1 Å². The summed E-state index contributed by atoms with van der Waals surface area (Å²) in [5.41, 5.74) is 1.20. The van der Waals surface area contributed by atoms with Gasteiger partial charge in [-0.1, -0.05) is 25.3 Å². The van der Waals surface area contributed by atoms with E-state index >= 15 is 0 Å². The largest absolute Gasteiger partial charge is 0.496 e. The Bertz CT molecular complexity index is 484. The minimum Gasteiger partial charge on any atom is -0.496 e. The zero-order valence-corrected chi connectivity index (χ0v) is 11.6. The van der Waals surface area contributed by atoms with Crippen LogP contribution in [0.4, 0.5) is 0 Å². The molecular weight excluding hydrogens is 238 g/mol. The lowest BCUT2D eigenvalue weighted by Crippen LogP contribution is -2.30. The summed E-state index contributed by atoms with van der Waals surface area (Å²) in [6.45, 7) is 1.95. The molecule has 3 nitrogen and oxygen atoms in total. The van der Waals surface area contributed by atoms with Crippen LogP contribution in [0.5, 0.6) is 5.75 Å². The van der Waals surface area contributed by atoms with E-state index in [1.54, 1.807) is 7.11 Å². The molecule has 0 aliphatic heterocycles. The quantitative estimate of drug-likeness (QED) is 0.903. The predicted molar refractivity (Wildman–Crippen MR) is 73.8 cm³/mol. The van der Waals surface area contributed by atoms with E-state index in [1.807, 2.05) is 25.1 Å². The van der Waals surface area contributed by atoms with Crippen molar-refractivity contribution in [3.05, 3.63) is 29.3 Å². The zero-order chi connectivity index (χ0) is 13.9. The third-order valence-corrected chi connectivity index (χ3v) is 4.23. The number of aliphatic hydroxyl groups is 1. The molecule has 1 N–H and O–H groups in total. The molecule has 102 valence electrons. The Balaban J connectivity index is 2.30. The first-order valence-corrected chi connectivity index (χ1v) is 6.87. The molecule has 3 heteroatoms. The molecule has 1 unspecified atom stereocenters. The molecule has 1 aromatic rings. The molecule has 1 saturated carbocycles. The standard InChI is InChI=1S/C16H21NO2/c1-12-10-13(6-7-14(12)19-2)15(18)16(11-17)8-4-3-5-9-16/h6-7,10,15,18H,3-5,8-9H2,1-2H3. The summed E-state index contributed by atoms with van der Waals surface area (Å²) in [5.74, 6) is 0.811. The van der Waals surface area contributed by atoms with E-state index in [4.69, 9.17) is 4.74 Å².